The first-order valence-electron chi connectivity index (χ1n) is 7.64. The van der Waals surface area contributed by atoms with Crippen molar-refractivity contribution < 1.29 is 9.84 Å². The molecule has 1 unspecified atom stereocenters. The predicted molar refractivity (Wildman–Crippen MR) is 83.1 cm³/mol. The van der Waals surface area contributed by atoms with Crippen molar-refractivity contribution in [2.24, 2.45) is 0 Å². The number of fused-ring (bicyclic) bond motifs is 1. The molecule has 4 heteroatoms. The van der Waals surface area contributed by atoms with Gasteiger partial charge in [0, 0.05) is 18.5 Å². The van der Waals surface area contributed by atoms with Gasteiger partial charge in [-0.2, -0.15) is 0 Å². The molecule has 112 valence electrons. The molecule has 0 aliphatic carbocycles. The zero-order chi connectivity index (χ0) is 14.5. The van der Waals surface area contributed by atoms with Gasteiger partial charge in [0.2, 0.25) is 0 Å². The minimum Gasteiger partial charge on any atom is -0.394 e. The predicted octanol–water partition coefficient (Wildman–Crippen LogP) is 2.21. The molecule has 0 saturated carbocycles. The number of nitrogens with zero attached hydrogens (tertiary/aromatic N) is 2. The molecule has 1 aliphatic rings. The van der Waals surface area contributed by atoms with Crippen LogP contribution in [0.15, 0.2) is 36.4 Å². The van der Waals surface area contributed by atoms with E-state index in [0.29, 0.717) is 6.61 Å². The number of piperidine rings is 1. The van der Waals surface area contributed by atoms with Crippen LogP contribution in [-0.4, -0.2) is 47.4 Å². The molecule has 0 radical (unpaired) electrons. The molecule has 1 saturated heterocycles. The minimum atomic E-state index is 0.0999. The zero-order valence-corrected chi connectivity index (χ0v) is 12.2. The first-order chi connectivity index (χ1) is 10.3. The number of aromatic nitrogens is 1. The van der Waals surface area contributed by atoms with E-state index in [9.17, 15) is 0 Å². The number of para-hydroxylation sites is 1. The van der Waals surface area contributed by atoms with Gasteiger partial charge in [0.05, 0.1) is 30.5 Å². The summed E-state index contributed by atoms with van der Waals surface area (Å²) < 4.78 is 5.66. The van der Waals surface area contributed by atoms with E-state index in [2.05, 4.69) is 29.2 Å². The molecule has 0 spiro atoms. The van der Waals surface area contributed by atoms with Gasteiger partial charge in [0.15, 0.2) is 0 Å². The van der Waals surface area contributed by atoms with E-state index >= 15 is 0 Å². The SMILES string of the molecule is OCCOC1CCCN(Cc2ccc3ccccc3n2)C1. The summed E-state index contributed by atoms with van der Waals surface area (Å²) in [6.45, 7) is 3.42. The highest BCUT2D eigenvalue weighted by Gasteiger charge is 2.20. The van der Waals surface area contributed by atoms with E-state index in [-0.39, 0.29) is 12.7 Å². The Morgan fingerprint density at radius 3 is 3.05 bits per heavy atom. The Balaban J connectivity index is 1.64. The molecular formula is C17H22N2O2. The van der Waals surface area contributed by atoms with Gasteiger partial charge in [0.1, 0.15) is 0 Å². The van der Waals surface area contributed by atoms with E-state index < -0.39 is 0 Å². The summed E-state index contributed by atoms with van der Waals surface area (Å²) in [6, 6.07) is 12.5. The molecular weight excluding hydrogens is 264 g/mol. The lowest BCUT2D eigenvalue weighted by atomic mass is 10.1. The van der Waals surface area contributed by atoms with Crippen LogP contribution in [0.2, 0.25) is 0 Å². The second-order valence-corrected chi connectivity index (χ2v) is 5.59. The summed E-state index contributed by atoms with van der Waals surface area (Å²) >= 11 is 0. The number of hydrogen-bond acceptors (Lipinski definition) is 4. The Labute approximate surface area is 125 Å². The third-order valence-corrected chi connectivity index (χ3v) is 3.95. The van der Waals surface area contributed by atoms with Crippen molar-refractivity contribution in [2.45, 2.75) is 25.5 Å². The van der Waals surface area contributed by atoms with Gasteiger partial charge < -0.3 is 9.84 Å². The second kappa shape index (κ2) is 6.98. The Kier molecular flexibility index (Phi) is 4.80. The highest BCUT2D eigenvalue weighted by molar-refractivity contribution is 5.78. The van der Waals surface area contributed by atoms with Crippen LogP contribution in [0.5, 0.6) is 0 Å². The lowest BCUT2D eigenvalue weighted by Gasteiger charge is -2.32. The van der Waals surface area contributed by atoms with E-state index in [1.54, 1.807) is 0 Å². The van der Waals surface area contributed by atoms with E-state index in [1.807, 2.05) is 12.1 Å². The van der Waals surface area contributed by atoms with Crippen LogP contribution in [0, 0.1) is 0 Å². The van der Waals surface area contributed by atoms with Crippen LogP contribution in [-0.2, 0) is 11.3 Å². The molecule has 21 heavy (non-hydrogen) atoms. The fraction of sp³-hybridized carbons (Fsp3) is 0.471. The van der Waals surface area contributed by atoms with Crippen LogP contribution in [0.25, 0.3) is 10.9 Å². The summed E-state index contributed by atoms with van der Waals surface area (Å²) in [5.41, 5.74) is 2.16. The van der Waals surface area contributed by atoms with Crippen LogP contribution in [0.3, 0.4) is 0 Å². The Morgan fingerprint density at radius 1 is 1.24 bits per heavy atom. The first-order valence-corrected chi connectivity index (χ1v) is 7.64. The van der Waals surface area contributed by atoms with E-state index in [1.165, 1.54) is 5.39 Å². The van der Waals surface area contributed by atoms with Crippen LogP contribution in [0.4, 0.5) is 0 Å². The van der Waals surface area contributed by atoms with Gasteiger partial charge in [-0.15, -0.1) is 0 Å². The van der Waals surface area contributed by atoms with Gasteiger partial charge in [-0.25, -0.2) is 0 Å². The molecule has 1 atom stereocenters. The Hall–Kier alpha value is -1.49. The molecule has 2 aromatic rings. The number of ether oxygens (including phenoxy) is 1. The highest BCUT2D eigenvalue weighted by atomic mass is 16.5. The van der Waals surface area contributed by atoms with Crippen molar-refractivity contribution in [1.82, 2.24) is 9.88 Å². The maximum absolute atomic E-state index is 8.85. The first kappa shape index (κ1) is 14.4. The number of rotatable bonds is 5. The molecule has 0 bridgehead atoms. The fourth-order valence-electron chi connectivity index (χ4n) is 2.94. The standard InChI is InChI=1S/C17H22N2O2/c20-10-11-21-16-5-3-9-19(13-16)12-15-8-7-14-4-1-2-6-17(14)18-15/h1-2,4,6-8,16,20H,3,5,9-13H2. The highest BCUT2D eigenvalue weighted by Crippen LogP contribution is 2.17. The number of aliphatic hydroxyl groups excluding tert-OH is 1. The van der Waals surface area contributed by atoms with Gasteiger partial charge in [-0.1, -0.05) is 24.3 Å². The molecule has 1 N–H and O–H groups in total. The van der Waals surface area contributed by atoms with Crippen LogP contribution >= 0.6 is 0 Å². The summed E-state index contributed by atoms with van der Waals surface area (Å²) in [4.78, 5) is 7.13. The maximum atomic E-state index is 8.85. The molecule has 3 rings (SSSR count). The van der Waals surface area contributed by atoms with Gasteiger partial charge in [-0.05, 0) is 31.5 Å². The number of aliphatic hydroxyl groups is 1. The average molecular weight is 286 g/mol. The van der Waals surface area contributed by atoms with Crippen molar-refractivity contribution in [1.29, 1.82) is 0 Å². The summed E-state index contributed by atoms with van der Waals surface area (Å²) in [7, 11) is 0. The normalized spacial score (nSPS) is 20.0. The van der Waals surface area contributed by atoms with Crippen LogP contribution < -0.4 is 0 Å². The molecule has 0 amide bonds. The average Bonchev–Trinajstić information content (AvgIpc) is 2.53. The third kappa shape index (κ3) is 3.79. The molecule has 1 aromatic heterocycles. The monoisotopic (exact) mass is 286 g/mol. The molecule has 1 fully saturated rings. The number of likely N-dealkylation sites (tertiary alicyclic amines) is 1. The summed E-state index contributed by atoms with van der Waals surface area (Å²) in [5, 5.41) is 10.0. The molecule has 1 aromatic carbocycles. The fourth-order valence-corrected chi connectivity index (χ4v) is 2.94. The topological polar surface area (TPSA) is 45.6 Å². The van der Waals surface area contributed by atoms with E-state index in [0.717, 1.165) is 43.7 Å². The Morgan fingerprint density at radius 2 is 2.14 bits per heavy atom. The van der Waals surface area contributed by atoms with Gasteiger partial charge in [-0.3, -0.25) is 9.88 Å². The lowest BCUT2D eigenvalue weighted by Crippen LogP contribution is -2.39. The van der Waals surface area contributed by atoms with Crippen molar-refractivity contribution >= 4 is 10.9 Å². The Bertz CT molecular complexity index is 588. The summed E-state index contributed by atoms with van der Waals surface area (Å²) in [5.74, 6) is 0. The smallest absolute Gasteiger partial charge is 0.0705 e. The van der Waals surface area contributed by atoms with Crippen molar-refractivity contribution in [2.75, 3.05) is 26.3 Å². The van der Waals surface area contributed by atoms with Crippen molar-refractivity contribution in [3.63, 3.8) is 0 Å². The van der Waals surface area contributed by atoms with Crippen LogP contribution in [0.1, 0.15) is 18.5 Å². The summed E-state index contributed by atoms with van der Waals surface area (Å²) in [6.07, 6.45) is 2.47. The molecule has 1 aliphatic heterocycles. The second-order valence-electron chi connectivity index (χ2n) is 5.59. The molecule has 2 heterocycles. The zero-order valence-electron chi connectivity index (χ0n) is 12.2. The van der Waals surface area contributed by atoms with E-state index in [4.69, 9.17) is 14.8 Å². The van der Waals surface area contributed by atoms with Crippen molar-refractivity contribution in [3.05, 3.63) is 42.1 Å². The third-order valence-electron chi connectivity index (χ3n) is 3.95. The number of benzene rings is 1. The van der Waals surface area contributed by atoms with Gasteiger partial charge >= 0.3 is 0 Å². The van der Waals surface area contributed by atoms with Crippen molar-refractivity contribution in [3.8, 4) is 0 Å². The lowest BCUT2D eigenvalue weighted by molar-refractivity contribution is -0.0165. The minimum absolute atomic E-state index is 0.0999. The number of pyridine rings is 1. The van der Waals surface area contributed by atoms with Gasteiger partial charge in [0.25, 0.3) is 0 Å². The quantitative estimate of drug-likeness (QED) is 0.915. The largest absolute Gasteiger partial charge is 0.394 e. The maximum Gasteiger partial charge on any atom is 0.0705 e. The number of hydrogen-bond donors (Lipinski definition) is 1. The molecule has 4 nitrogen and oxygen atoms in total.